The van der Waals surface area contributed by atoms with E-state index >= 15 is 0 Å². The summed E-state index contributed by atoms with van der Waals surface area (Å²) < 4.78 is 4.69. The molecule has 0 aromatic carbocycles. The quantitative estimate of drug-likeness (QED) is 0.768. The van der Waals surface area contributed by atoms with Crippen molar-refractivity contribution in [3.05, 3.63) is 5.89 Å². The second kappa shape index (κ2) is 4.59. The first-order valence-corrected chi connectivity index (χ1v) is 4.32. The van der Waals surface area contributed by atoms with Gasteiger partial charge in [-0.3, -0.25) is 10.1 Å². The molecule has 0 radical (unpaired) electrons. The van der Waals surface area contributed by atoms with Crippen molar-refractivity contribution in [2.45, 2.75) is 33.1 Å². The van der Waals surface area contributed by atoms with Crippen LogP contribution in [-0.4, -0.2) is 16.0 Å². The van der Waals surface area contributed by atoms with Gasteiger partial charge in [-0.2, -0.15) is 4.98 Å². The third kappa shape index (κ3) is 3.23. The summed E-state index contributed by atoms with van der Waals surface area (Å²) in [5.74, 6) is 0.632. The highest BCUT2D eigenvalue weighted by Gasteiger charge is 2.05. The largest absolute Gasteiger partial charge is 0.338 e. The van der Waals surface area contributed by atoms with Gasteiger partial charge >= 0.3 is 0 Å². The van der Waals surface area contributed by atoms with E-state index in [-0.39, 0.29) is 11.9 Å². The summed E-state index contributed by atoms with van der Waals surface area (Å²) >= 11 is 0. The zero-order valence-corrected chi connectivity index (χ0v) is 7.83. The van der Waals surface area contributed by atoms with Gasteiger partial charge in [0, 0.05) is 13.3 Å². The number of nitrogens with one attached hydrogen (secondary N) is 1. The Labute approximate surface area is 76.5 Å². The second-order valence-electron chi connectivity index (χ2n) is 2.79. The molecule has 0 saturated heterocycles. The number of aryl methyl sites for hydroxylation is 1. The maximum atomic E-state index is 11.1. The molecule has 0 bridgehead atoms. The minimum atomic E-state index is -0.0670. The van der Waals surface area contributed by atoms with Crippen LogP contribution in [0.1, 0.15) is 32.1 Å². The fraction of sp³-hybridized carbons (Fsp3) is 0.625. The molecular weight excluding hydrogens is 170 g/mol. The van der Waals surface area contributed by atoms with Crippen LogP contribution in [0.2, 0.25) is 0 Å². The van der Waals surface area contributed by atoms with Gasteiger partial charge in [0.1, 0.15) is 0 Å². The molecule has 0 fully saturated rings. The number of carbonyl (C=O) groups is 1. The van der Waals surface area contributed by atoms with Crippen LogP contribution in [0, 0.1) is 6.92 Å². The third-order valence-electron chi connectivity index (χ3n) is 1.54. The highest BCUT2D eigenvalue weighted by molar-refractivity contribution is 5.88. The molecule has 13 heavy (non-hydrogen) atoms. The van der Waals surface area contributed by atoms with Crippen molar-refractivity contribution in [1.29, 1.82) is 0 Å². The van der Waals surface area contributed by atoms with Crippen LogP contribution in [0.5, 0.6) is 0 Å². The van der Waals surface area contributed by atoms with Crippen LogP contribution in [0.25, 0.3) is 0 Å². The zero-order chi connectivity index (χ0) is 9.68. The van der Waals surface area contributed by atoms with E-state index in [1.165, 1.54) is 0 Å². The molecule has 1 rings (SSSR count). The topological polar surface area (TPSA) is 68.0 Å². The molecule has 0 atom stereocenters. The van der Waals surface area contributed by atoms with Crippen LogP contribution in [0.4, 0.5) is 5.95 Å². The predicted octanol–water partition coefficient (Wildman–Crippen LogP) is 1.51. The van der Waals surface area contributed by atoms with Gasteiger partial charge in [-0.1, -0.05) is 13.3 Å². The van der Waals surface area contributed by atoms with Crippen LogP contribution in [0.3, 0.4) is 0 Å². The van der Waals surface area contributed by atoms with Crippen LogP contribution in [-0.2, 0) is 4.79 Å². The molecule has 0 aliphatic carbocycles. The summed E-state index contributed by atoms with van der Waals surface area (Å²) in [5, 5.41) is 6.09. The average Bonchev–Trinajstić information content (AvgIpc) is 2.48. The van der Waals surface area contributed by atoms with Crippen molar-refractivity contribution in [1.82, 2.24) is 10.1 Å². The minimum Gasteiger partial charge on any atom is -0.338 e. The van der Waals surface area contributed by atoms with Gasteiger partial charge in [0.25, 0.3) is 5.95 Å². The van der Waals surface area contributed by atoms with E-state index in [2.05, 4.69) is 15.5 Å². The van der Waals surface area contributed by atoms with E-state index in [1.807, 2.05) is 6.92 Å². The molecular formula is C8H13N3O2. The Kier molecular flexibility index (Phi) is 3.42. The van der Waals surface area contributed by atoms with Crippen LogP contribution >= 0.6 is 0 Å². The van der Waals surface area contributed by atoms with Gasteiger partial charge in [0.15, 0.2) is 0 Å². The van der Waals surface area contributed by atoms with E-state index in [1.54, 1.807) is 6.92 Å². The molecule has 0 aliphatic rings. The summed E-state index contributed by atoms with van der Waals surface area (Å²) in [4.78, 5) is 15.0. The highest BCUT2D eigenvalue weighted by Crippen LogP contribution is 2.02. The number of rotatable bonds is 4. The molecule has 72 valence electrons. The van der Waals surface area contributed by atoms with E-state index < -0.39 is 0 Å². The van der Waals surface area contributed by atoms with E-state index in [4.69, 9.17) is 4.52 Å². The Morgan fingerprint density at radius 1 is 1.62 bits per heavy atom. The Morgan fingerprint density at radius 3 is 2.92 bits per heavy atom. The molecule has 0 aliphatic heterocycles. The van der Waals surface area contributed by atoms with Gasteiger partial charge in [0.2, 0.25) is 11.8 Å². The SMILES string of the molecule is CCCCC(=O)Nc1noc(C)n1. The van der Waals surface area contributed by atoms with Crippen LogP contribution in [0.15, 0.2) is 4.52 Å². The number of aromatic nitrogens is 2. The molecule has 0 saturated carbocycles. The van der Waals surface area contributed by atoms with Gasteiger partial charge < -0.3 is 4.52 Å². The fourth-order valence-corrected chi connectivity index (χ4v) is 0.875. The Balaban J connectivity index is 2.36. The molecule has 5 nitrogen and oxygen atoms in total. The summed E-state index contributed by atoms with van der Waals surface area (Å²) in [5.41, 5.74) is 0. The number of hydrogen-bond acceptors (Lipinski definition) is 4. The van der Waals surface area contributed by atoms with Gasteiger partial charge in [-0.15, -0.1) is 0 Å². The summed E-state index contributed by atoms with van der Waals surface area (Å²) in [6.07, 6.45) is 2.38. The Bertz CT molecular complexity index is 283. The first-order valence-electron chi connectivity index (χ1n) is 4.32. The molecule has 1 amide bonds. The van der Waals surface area contributed by atoms with Gasteiger partial charge in [-0.05, 0) is 11.6 Å². The fourth-order valence-electron chi connectivity index (χ4n) is 0.875. The van der Waals surface area contributed by atoms with Crippen molar-refractivity contribution in [3.63, 3.8) is 0 Å². The van der Waals surface area contributed by atoms with Crippen molar-refractivity contribution in [2.75, 3.05) is 5.32 Å². The van der Waals surface area contributed by atoms with Gasteiger partial charge in [-0.25, -0.2) is 0 Å². The number of nitrogens with zero attached hydrogens (tertiary/aromatic N) is 2. The number of amides is 1. The lowest BCUT2D eigenvalue weighted by Crippen LogP contribution is -2.11. The Hall–Kier alpha value is -1.39. The standard InChI is InChI=1S/C8H13N3O2/c1-3-4-5-7(12)10-8-9-6(2)13-11-8/h3-5H2,1-2H3,(H,10,11,12). The second-order valence-corrected chi connectivity index (χ2v) is 2.79. The molecule has 1 heterocycles. The highest BCUT2D eigenvalue weighted by atomic mass is 16.5. The average molecular weight is 183 g/mol. The lowest BCUT2D eigenvalue weighted by atomic mass is 10.2. The molecule has 1 aromatic heterocycles. The predicted molar refractivity (Wildman–Crippen MR) is 47.2 cm³/mol. The molecule has 0 spiro atoms. The number of carbonyl (C=O) groups excluding carboxylic acids is 1. The van der Waals surface area contributed by atoms with Crippen molar-refractivity contribution < 1.29 is 9.32 Å². The first kappa shape index (κ1) is 9.70. The van der Waals surface area contributed by atoms with Gasteiger partial charge in [0.05, 0.1) is 0 Å². The van der Waals surface area contributed by atoms with E-state index in [0.29, 0.717) is 12.3 Å². The number of hydrogen-bond donors (Lipinski definition) is 1. The lowest BCUT2D eigenvalue weighted by molar-refractivity contribution is -0.116. The smallest absolute Gasteiger partial charge is 0.270 e. The van der Waals surface area contributed by atoms with E-state index in [9.17, 15) is 4.79 Å². The van der Waals surface area contributed by atoms with Crippen LogP contribution < -0.4 is 5.32 Å². The maximum absolute atomic E-state index is 11.1. The number of unbranched alkanes of at least 4 members (excludes halogenated alkanes) is 1. The summed E-state index contributed by atoms with van der Waals surface area (Å²) in [7, 11) is 0. The Morgan fingerprint density at radius 2 is 2.38 bits per heavy atom. The molecule has 1 N–H and O–H groups in total. The number of anilines is 1. The third-order valence-corrected chi connectivity index (χ3v) is 1.54. The molecule has 1 aromatic rings. The maximum Gasteiger partial charge on any atom is 0.270 e. The molecule has 0 unspecified atom stereocenters. The summed E-state index contributed by atoms with van der Waals surface area (Å²) in [6, 6.07) is 0. The van der Waals surface area contributed by atoms with Crippen molar-refractivity contribution in [3.8, 4) is 0 Å². The van der Waals surface area contributed by atoms with E-state index in [0.717, 1.165) is 12.8 Å². The van der Waals surface area contributed by atoms with Crippen molar-refractivity contribution in [2.24, 2.45) is 0 Å². The van der Waals surface area contributed by atoms with Crippen molar-refractivity contribution >= 4 is 11.9 Å². The summed E-state index contributed by atoms with van der Waals surface area (Å²) in [6.45, 7) is 3.71. The lowest BCUT2D eigenvalue weighted by Gasteiger charge is -1.97. The normalized spacial score (nSPS) is 10.0. The minimum absolute atomic E-state index is 0.0670. The monoisotopic (exact) mass is 183 g/mol. The molecule has 5 heteroatoms. The zero-order valence-electron chi connectivity index (χ0n) is 7.83. The first-order chi connectivity index (χ1) is 6.22.